The van der Waals surface area contributed by atoms with Crippen LogP contribution in [0.4, 0.5) is 13.2 Å². The molecule has 2 rings (SSSR count). The summed E-state index contributed by atoms with van der Waals surface area (Å²) in [5.41, 5.74) is -0.364. The van der Waals surface area contributed by atoms with Crippen LogP contribution in [0.5, 0.6) is 0 Å². The molecule has 0 fully saturated rings. The van der Waals surface area contributed by atoms with Crippen LogP contribution in [-0.4, -0.2) is 20.4 Å². The maximum absolute atomic E-state index is 12.4. The van der Waals surface area contributed by atoms with Crippen LogP contribution in [0.15, 0.2) is 18.5 Å². The van der Waals surface area contributed by atoms with Gasteiger partial charge in [0.05, 0.1) is 0 Å². The van der Waals surface area contributed by atoms with E-state index in [1.807, 2.05) is 0 Å². The lowest BCUT2D eigenvalue weighted by Crippen LogP contribution is -2.06. The fraction of sp³-hybridized carbons (Fsp3) is 0.300. The van der Waals surface area contributed by atoms with Gasteiger partial charge in [0, 0.05) is 24.9 Å². The van der Waals surface area contributed by atoms with Crippen molar-refractivity contribution in [3.05, 3.63) is 29.7 Å². The van der Waals surface area contributed by atoms with E-state index in [4.69, 9.17) is 0 Å². The summed E-state index contributed by atoms with van der Waals surface area (Å²) in [5, 5.41) is 3.37. The molecule has 0 spiro atoms. The molecular weight excluding hydrogens is 235 g/mol. The standard InChI is InChI=1S/C10H8F3N3O/c1-6(17)2-7-4-14-9-3-8(10(11,12)13)15-16(9)5-7/h3-5H,2H2,1H3. The molecule has 90 valence electrons. The predicted octanol–water partition coefficient (Wildman–Crippen LogP) is 1.88. The molecule has 4 nitrogen and oxygen atoms in total. The van der Waals surface area contributed by atoms with Crippen molar-refractivity contribution in [3.8, 4) is 0 Å². The molecule has 0 unspecified atom stereocenters. The first kappa shape index (κ1) is 11.6. The van der Waals surface area contributed by atoms with Gasteiger partial charge in [0.25, 0.3) is 0 Å². The van der Waals surface area contributed by atoms with E-state index in [0.29, 0.717) is 5.56 Å². The third-order valence-electron chi connectivity index (χ3n) is 2.11. The number of alkyl halides is 3. The molecule has 0 aliphatic carbocycles. The quantitative estimate of drug-likeness (QED) is 0.809. The Morgan fingerprint density at radius 2 is 2.18 bits per heavy atom. The summed E-state index contributed by atoms with van der Waals surface area (Å²) in [7, 11) is 0. The number of carbonyl (C=O) groups excluding carboxylic acids is 1. The minimum atomic E-state index is -4.49. The van der Waals surface area contributed by atoms with Crippen LogP contribution in [0.2, 0.25) is 0 Å². The third kappa shape index (κ3) is 2.43. The fourth-order valence-electron chi connectivity index (χ4n) is 1.43. The summed E-state index contributed by atoms with van der Waals surface area (Å²) in [4.78, 5) is 14.7. The van der Waals surface area contributed by atoms with Crippen molar-refractivity contribution in [1.82, 2.24) is 14.6 Å². The molecule has 0 amide bonds. The molecule has 2 heterocycles. The molecule has 0 radical (unpaired) electrons. The molecule has 17 heavy (non-hydrogen) atoms. The second-order valence-corrected chi connectivity index (χ2v) is 3.67. The molecule has 0 bridgehead atoms. The molecule has 0 aliphatic rings. The van der Waals surface area contributed by atoms with Crippen LogP contribution in [0.25, 0.3) is 5.65 Å². The van der Waals surface area contributed by atoms with Crippen molar-refractivity contribution in [3.63, 3.8) is 0 Å². The molecule has 0 atom stereocenters. The van der Waals surface area contributed by atoms with Gasteiger partial charge in [-0.2, -0.15) is 18.3 Å². The van der Waals surface area contributed by atoms with Gasteiger partial charge < -0.3 is 0 Å². The van der Waals surface area contributed by atoms with E-state index in [9.17, 15) is 18.0 Å². The first-order chi connectivity index (χ1) is 7.86. The van der Waals surface area contributed by atoms with Gasteiger partial charge in [0.15, 0.2) is 11.3 Å². The molecule has 0 saturated carbocycles. The Hall–Kier alpha value is -1.92. The minimum absolute atomic E-state index is 0.0886. The Balaban J connectivity index is 2.44. The highest BCUT2D eigenvalue weighted by Gasteiger charge is 2.34. The van der Waals surface area contributed by atoms with Crippen LogP contribution in [0, 0.1) is 0 Å². The number of carbonyl (C=O) groups is 1. The van der Waals surface area contributed by atoms with E-state index in [0.717, 1.165) is 10.6 Å². The Morgan fingerprint density at radius 3 is 2.76 bits per heavy atom. The lowest BCUT2D eigenvalue weighted by Gasteiger charge is -1.99. The van der Waals surface area contributed by atoms with Crippen molar-refractivity contribution in [2.24, 2.45) is 0 Å². The highest BCUT2D eigenvalue weighted by atomic mass is 19.4. The second-order valence-electron chi connectivity index (χ2n) is 3.67. The summed E-state index contributed by atoms with van der Waals surface area (Å²) < 4.78 is 38.2. The zero-order valence-corrected chi connectivity index (χ0v) is 8.82. The van der Waals surface area contributed by atoms with Crippen molar-refractivity contribution < 1.29 is 18.0 Å². The number of hydrogen-bond donors (Lipinski definition) is 0. The van der Waals surface area contributed by atoms with Crippen molar-refractivity contribution in [2.45, 2.75) is 19.5 Å². The fourth-order valence-corrected chi connectivity index (χ4v) is 1.43. The molecular formula is C10H8F3N3O. The maximum Gasteiger partial charge on any atom is 0.435 e. The van der Waals surface area contributed by atoms with Gasteiger partial charge >= 0.3 is 6.18 Å². The van der Waals surface area contributed by atoms with E-state index in [1.165, 1.54) is 19.3 Å². The Bertz CT molecular complexity index is 574. The van der Waals surface area contributed by atoms with Gasteiger partial charge in [-0.15, -0.1) is 0 Å². The first-order valence-corrected chi connectivity index (χ1v) is 4.77. The number of nitrogens with zero attached hydrogens (tertiary/aromatic N) is 3. The van der Waals surface area contributed by atoms with Crippen LogP contribution < -0.4 is 0 Å². The predicted molar refractivity (Wildman–Crippen MR) is 52.4 cm³/mol. The lowest BCUT2D eigenvalue weighted by atomic mass is 10.2. The molecule has 0 aromatic carbocycles. The monoisotopic (exact) mass is 243 g/mol. The molecule has 2 aromatic rings. The van der Waals surface area contributed by atoms with Crippen molar-refractivity contribution >= 4 is 11.4 Å². The van der Waals surface area contributed by atoms with E-state index < -0.39 is 11.9 Å². The average Bonchev–Trinajstić information content (AvgIpc) is 2.58. The third-order valence-corrected chi connectivity index (χ3v) is 2.11. The van der Waals surface area contributed by atoms with Crippen LogP contribution in [-0.2, 0) is 17.4 Å². The molecule has 0 N–H and O–H groups in total. The zero-order valence-electron chi connectivity index (χ0n) is 8.82. The smallest absolute Gasteiger partial charge is 0.300 e. The molecule has 0 aliphatic heterocycles. The van der Waals surface area contributed by atoms with E-state index in [-0.39, 0.29) is 17.9 Å². The summed E-state index contributed by atoms with van der Waals surface area (Å²) >= 11 is 0. The SMILES string of the molecule is CC(=O)Cc1cnc2cc(C(F)(F)F)nn2c1. The Kier molecular flexibility index (Phi) is 2.60. The lowest BCUT2D eigenvalue weighted by molar-refractivity contribution is -0.141. The Morgan fingerprint density at radius 1 is 1.47 bits per heavy atom. The number of rotatable bonds is 2. The number of halogens is 3. The van der Waals surface area contributed by atoms with Gasteiger partial charge in [-0.1, -0.05) is 0 Å². The highest BCUT2D eigenvalue weighted by molar-refractivity contribution is 5.78. The highest BCUT2D eigenvalue weighted by Crippen LogP contribution is 2.28. The zero-order chi connectivity index (χ0) is 12.6. The maximum atomic E-state index is 12.4. The number of Topliss-reactive ketones (excluding diaryl/α,β-unsaturated/α-hetero) is 1. The largest absolute Gasteiger partial charge is 0.435 e. The van der Waals surface area contributed by atoms with Gasteiger partial charge in [0.2, 0.25) is 0 Å². The topological polar surface area (TPSA) is 47.3 Å². The van der Waals surface area contributed by atoms with Gasteiger partial charge in [-0.3, -0.25) is 4.79 Å². The minimum Gasteiger partial charge on any atom is -0.300 e. The summed E-state index contributed by atoms with van der Waals surface area (Å²) in [5.74, 6) is -0.0886. The average molecular weight is 243 g/mol. The van der Waals surface area contributed by atoms with Crippen molar-refractivity contribution in [1.29, 1.82) is 0 Å². The second kappa shape index (κ2) is 3.83. The summed E-state index contributed by atoms with van der Waals surface area (Å²) in [6.07, 6.45) is -1.61. The Labute approximate surface area is 94.1 Å². The summed E-state index contributed by atoms with van der Waals surface area (Å²) in [6.45, 7) is 1.40. The summed E-state index contributed by atoms with van der Waals surface area (Å²) in [6, 6.07) is 0.859. The number of ketones is 1. The van der Waals surface area contributed by atoms with E-state index in [1.54, 1.807) is 0 Å². The van der Waals surface area contributed by atoms with Crippen molar-refractivity contribution in [2.75, 3.05) is 0 Å². The van der Waals surface area contributed by atoms with Crippen LogP contribution in [0.3, 0.4) is 0 Å². The van der Waals surface area contributed by atoms with E-state index in [2.05, 4.69) is 10.1 Å². The van der Waals surface area contributed by atoms with Crippen LogP contribution >= 0.6 is 0 Å². The number of fused-ring (bicyclic) bond motifs is 1. The van der Waals surface area contributed by atoms with Gasteiger partial charge in [0.1, 0.15) is 5.78 Å². The normalized spacial score (nSPS) is 12.0. The molecule has 2 aromatic heterocycles. The van der Waals surface area contributed by atoms with Gasteiger partial charge in [-0.05, 0) is 12.5 Å². The first-order valence-electron chi connectivity index (χ1n) is 4.77. The van der Waals surface area contributed by atoms with E-state index >= 15 is 0 Å². The molecule has 7 heteroatoms. The number of aromatic nitrogens is 3. The van der Waals surface area contributed by atoms with Crippen LogP contribution in [0.1, 0.15) is 18.2 Å². The van der Waals surface area contributed by atoms with Gasteiger partial charge in [-0.25, -0.2) is 9.50 Å². The number of hydrogen-bond acceptors (Lipinski definition) is 3. The molecule has 0 saturated heterocycles.